The van der Waals surface area contributed by atoms with Crippen LogP contribution in [0.15, 0.2) is 16.5 Å². The van der Waals surface area contributed by atoms with Crippen molar-refractivity contribution in [2.24, 2.45) is 0 Å². The maximum Gasteiger partial charge on any atom is 0.323 e. The van der Waals surface area contributed by atoms with Crippen molar-refractivity contribution in [2.75, 3.05) is 13.7 Å². The van der Waals surface area contributed by atoms with Crippen molar-refractivity contribution >= 4 is 5.97 Å². The predicted octanol–water partition coefficient (Wildman–Crippen LogP) is 1.73. The smallest absolute Gasteiger partial charge is 0.323 e. The second-order valence-corrected chi connectivity index (χ2v) is 4.16. The zero-order valence-corrected chi connectivity index (χ0v) is 9.73. The zero-order chi connectivity index (χ0) is 11.5. The minimum atomic E-state index is -0.138. The van der Waals surface area contributed by atoms with E-state index in [0.29, 0.717) is 6.54 Å². The van der Waals surface area contributed by atoms with E-state index in [2.05, 4.69) is 4.90 Å². The molecule has 16 heavy (non-hydrogen) atoms. The Morgan fingerprint density at radius 2 is 2.44 bits per heavy atom. The van der Waals surface area contributed by atoms with Gasteiger partial charge in [0.1, 0.15) is 17.6 Å². The highest BCUT2D eigenvalue weighted by Gasteiger charge is 2.31. The Kier molecular flexibility index (Phi) is 3.29. The molecule has 1 aromatic heterocycles. The second-order valence-electron chi connectivity index (χ2n) is 4.16. The third-order valence-electron chi connectivity index (χ3n) is 2.99. The highest BCUT2D eigenvalue weighted by molar-refractivity contribution is 5.75. The maximum absolute atomic E-state index is 11.5. The van der Waals surface area contributed by atoms with Gasteiger partial charge in [0.15, 0.2) is 0 Å². The van der Waals surface area contributed by atoms with E-state index in [1.165, 1.54) is 7.11 Å². The Morgan fingerprint density at radius 3 is 3.06 bits per heavy atom. The third-order valence-corrected chi connectivity index (χ3v) is 2.99. The number of furan rings is 1. The minimum absolute atomic E-state index is 0.101. The van der Waals surface area contributed by atoms with Crippen molar-refractivity contribution in [2.45, 2.75) is 32.4 Å². The molecule has 1 fully saturated rings. The summed E-state index contributed by atoms with van der Waals surface area (Å²) < 4.78 is 10.3. The highest BCUT2D eigenvalue weighted by atomic mass is 16.5. The Bertz CT molecular complexity index is 372. The van der Waals surface area contributed by atoms with Crippen LogP contribution < -0.4 is 0 Å². The van der Waals surface area contributed by atoms with Gasteiger partial charge in [0.05, 0.1) is 13.7 Å². The molecule has 1 aliphatic rings. The molecule has 0 spiro atoms. The number of hydrogen-bond acceptors (Lipinski definition) is 4. The fraction of sp³-hybridized carbons (Fsp3) is 0.583. The highest BCUT2D eigenvalue weighted by Crippen LogP contribution is 2.21. The van der Waals surface area contributed by atoms with E-state index in [4.69, 9.17) is 9.15 Å². The average molecular weight is 223 g/mol. The van der Waals surface area contributed by atoms with Crippen molar-refractivity contribution in [3.8, 4) is 0 Å². The molecular formula is C12H17NO3. The lowest BCUT2D eigenvalue weighted by atomic mass is 10.2. The summed E-state index contributed by atoms with van der Waals surface area (Å²) in [5, 5.41) is 0. The van der Waals surface area contributed by atoms with E-state index in [0.717, 1.165) is 30.9 Å². The predicted molar refractivity (Wildman–Crippen MR) is 58.9 cm³/mol. The lowest BCUT2D eigenvalue weighted by Gasteiger charge is -2.20. The van der Waals surface area contributed by atoms with Crippen molar-refractivity contribution in [1.82, 2.24) is 4.90 Å². The Balaban J connectivity index is 2.01. The van der Waals surface area contributed by atoms with Gasteiger partial charge in [-0.2, -0.15) is 0 Å². The van der Waals surface area contributed by atoms with E-state index in [1.807, 2.05) is 19.1 Å². The van der Waals surface area contributed by atoms with Crippen molar-refractivity contribution in [3.05, 3.63) is 23.7 Å². The van der Waals surface area contributed by atoms with Gasteiger partial charge < -0.3 is 9.15 Å². The molecule has 0 aromatic carbocycles. The topological polar surface area (TPSA) is 42.7 Å². The average Bonchev–Trinajstić information content (AvgIpc) is 2.87. The SMILES string of the molecule is COC(=O)C1CCCN1Cc1ccc(C)o1. The first kappa shape index (κ1) is 11.2. The largest absolute Gasteiger partial charge is 0.468 e. The fourth-order valence-electron chi connectivity index (χ4n) is 2.19. The summed E-state index contributed by atoms with van der Waals surface area (Å²) in [7, 11) is 1.44. The molecule has 1 atom stereocenters. The van der Waals surface area contributed by atoms with Gasteiger partial charge in [-0.3, -0.25) is 9.69 Å². The summed E-state index contributed by atoms with van der Waals surface area (Å²) in [5.41, 5.74) is 0. The van der Waals surface area contributed by atoms with Crippen molar-refractivity contribution in [1.29, 1.82) is 0 Å². The number of carbonyl (C=O) groups excluding carboxylic acids is 1. The normalized spacial score (nSPS) is 21.2. The van der Waals surface area contributed by atoms with Crippen LogP contribution in [-0.2, 0) is 16.1 Å². The van der Waals surface area contributed by atoms with Gasteiger partial charge in [-0.05, 0) is 38.4 Å². The monoisotopic (exact) mass is 223 g/mol. The summed E-state index contributed by atoms with van der Waals surface area (Å²) in [4.78, 5) is 13.6. The van der Waals surface area contributed by atoms with Gasteiger partial charge in [0.25, 0.3) is 0 Å². The number of rotatable bonds is 3. The summed E-state index contributed by atoms with van der Waals surface area (Å²) in [6.45, 7) is 3.54. The quantitative estimate of drug-likeness (QED) is 0.732. The first-order valence-electron chi connectivity index (χ1n) is 5.58. The molecule has 2 rings (SSSR count). The molecule has 0 radical (unpaired) electrons. The molecule has 1 aromatic rings. The van der Waals surface area contributed by atoms with E-state index in [-0.39, 0.29) is 12.0 Å². The number of carbonyl (C=O) groups is 1. The molecule has 0 saturated carbocycles. The molecule has 1 saturated heterocycles. The molecule has 0 bridgehead atoms. The molecule has 1 unspecified atom stereocenters. The molecule has 0 aliphatic carbocycles. The molecule has 1 aliphatic heterocycles. The Labute approximate surface area is 95.2 Å². The van der Waals surface area contributed by atoms with Gasteiger partial charge in [-0.1, -0.05) is 0 Å². The molecule has 0 amide bonds. The molecular weight excluding hydrogens is 206 g/mol. The standard InChI is InChI=1S/C12H17NO3/c1-9-5-6-10(16-9)8-13-7-3-4-11(13)12(14)15-2/h5-6,11H,3-4,7-8H2,1-2H3. The van der Waals surface area contributed by atoms with Crippen molar-refractivity contribution < 1.29 is 13.9 Å². The Morgan fingerprint density at radius 1 is 1.62 bits per heavy atom. The zero-order valence-electron chi connectivity index (χ0n) is 9.73. The molecule has 88 valence electrons. The van der Waals surface area contributed by atoms with Crippen LogP contribution in [0.4, 0.5) is 0 Å². The van der Waals surface area contributed by atoms with Crippen LogP contribution in [0.2, 0.25) is 0 Å². The molecule has 0 N–H and O–H groups in total. The molecule has 2 heterocycles. The van der Waals surface area contributed by atoms with Crippen LogP contribution in [0.1, 0.15) is 24.4 Å². The lowest BCUT2D eigenvalue weighted by molar-refractivity contribution is -0.146. The summed E-state index contributed by atoms with van der Waals surface area (Å²) in [6, 6.07) is 3.80. The number of ether oxygens (including phenoxy) is 1. The first-order chi connectivity index (χ1) is 7.70. The summed E-state index contributed by atoms with van der Waals surface area (Å²) >= 11 is 0. The number of hydrogen-bond donors (Lipinski definition) is 0. The van der Waals surface area contributed by atoms with Gasteiger partial charge in [0, 0.05) is 0 Å². The van der Waals surface area contributed by atoms with Crippen LogP contribution in [0.3, 0.4) is 0 Å². The van der Waals surface area contributed by atoms with Crippen LogP contribution in [0, 0.1) is 6.92 Å². The summed E-state index contributed by atoms with van der Waals surface area (Å²) in [6.07, 6.45) is 1.92. The number of esters is 1. The van der Waals surface area contributed by atoms with Crippen LogP contribution >= 0.6 is 0 Å². The van der Waals surface area contributed by atoms with E-state index >= 15 is 0 Å². The van der Waals surface area contributed by atoms with Gasteiger partial charge >= 0.3 is 5.97 Å². The van der Waals surface area contributed by atoms with E-state index in [9.17, 15) is 4.79 Å². The van der Waals surface area contributed by atoms with Crippen LogP contribution in [0.25, 0.3) is 0 Å². The fourth-order valence-corrected chi connectivity index (χ4v) is 2.19. The van der Waals surface area contributed by atoms with Gasteiger partial charge in [-0.15, -0.1) is 0 Å². The van der Waals surface area contributed by atoms with Gasteiger partial charge in [-0.25, -0.2) is 0 Å². The molecule has 4 heteroatoms. The second kappa shape index (κ2) is 4.70. The maximum atomic E-state index is 11.5. The first-order valence-corrected chi connectivity index (χ1v) is 5.58. The lowest BCUT2D eigenvalue weighted by Crippen LogP contribution is -2.36. The van der Waals surface area contributed by atoms with E-state index in [1.54, 1.807) is 0 Å². The van der Waals surface area contributed by atoms with Gasteiger partial charge in [0.2, 0.25) is 0 Å². The van der Waals surface area contributed by atoms with Crippen molar-refractivity contribution in [3.63, 3.8) is 0 Å². The number of likely N-dealkylation sites (tertiary alicyclic amines) is 1. The summed E-state index contributed by atoms with van der Waals surface area (Å²) in [5.74, 6) is 1.68. The number of methoxy groups -OCH3 is 1. The van der Waals surface area contributed by atoms with Crippen LogP contribution in [-0.4, -0.2) is 30.6 Å². The van der Waals surface area contributed by atoms with E-state index < -0.39 is 0 Å². The third kappa shape index (κ3) is 2.27. The Hall–Kier alpha value is -1.29. The van der Waals surface area contributed by atoms with Crippen LogP contribution in [0.5, 0.6) is 0 Å². The number of nitrogens with zero attached hydrogens (tertiary/aromatic N) is 1. The minimum Gasteiger partial charge on any atom is -0.468 e. The molecule has 4 nitrogen and oxygen atoms in total. The number of aryl methyl sites for hydroxylation is 1.